The molecule has 1 atom stereocenters. The molecule has 1 aromatic rings. The van der Waals surface area contributed by atoms with Crippen LogP contribution in [-0.4, -0.2) is 41.1 Å². The summed E-state index contributed by atoms with van der Waals surface area (Å²) < 4.78 is 65.3. The van der Waals surface area contributed by atoms with Crippen LogP contribution in [0.2, 0.25) is 0 Å². The molecule has 1 N–H and O–H groups in total. The van der Waals surface area contributed by atoms with E-state index in [4.69, 9.17) is 5.11 Å². The van der Waals surface area contributed by atoms with Crippen LogP contribution in [-0.2, 0) is 16.0 Å². The zero-order valence-electron chi connectivity index (χ0n) is 11.7. The van der Waals surface area contributed by atoms with Gasteiger partial charge >= 0.3 is 12.1 Å². The summed E-state index contributed by atoms with van der Waals surface area (Å²) in [6.45, 7) is -1.42. The summed E-state index contributed by atoms with van der Waals surface area (Å²) in [4.78, 5) is 23.8. The fourth-order valence-electron chi connectivity index (χ4n) is 2.49. The van der Waals surface area contributed by atoms with Crippen LogP contribution in [0.5, 0.6) is 0 Å². The lowest BCUT2D eigenvalue weighted by Crippen LogP contribution is -2.47. The van der Waals surface area contributed by atoms with E-state index >= 15 is 0 Å². The number of carboxylic acids is 1. The molecule has 1 saturated heterocycles. The lowest BCUT2D eigenvalue weighted by Gasteiger charge is -2.27. The number of benzene rings is 1. The molecule has 1 amide bonds. The maximum atomic E-state index is 13.5. The van der Waals surface area contributed by atoms with E-state index in [-0.39, 0.29) is 5.56 Å². The molecule has 1 aromatic carbocycles. The average Bonchev–Trinajstić information content (AvgIpc) is 2.88. The van der Waals surface area contributed by atoms with E-state index in [1.54, 1.807) is 0 Å². The monoisotopic (exact) mass is 337 g/mol. The van der Waals surface area contributed by atoms with Crippen LogP contribution in [0.15, 0.2) is 18.2 Å². The summed E-state index contributed by atoms with van der Waals surface area (Å²) in [5.41, 5.74) is -3.18. The van der Waals surface area contributed by atoms with Crippen LogP contribution in [0.1, 0.15) is 12.0 Å². The highest BCUT2D eigenvalue weighted by Gasteiger charge is 2.64. The van der Waals surface area contributed by atoms with Crippen LogP contribution < -0.4 is 0 Å². The van der Waals surface area contributed by atoms with E-state index in [1.165, 1.54) is 0 Å². The number of carboxylic acid groups (broad SMARTS) is 1. The Labute approximate surface area is 127 Å². The van der Waals surface area contributed by atoms with Gasteiger partial charge in [0.2, 0.25) is 5.91 Å². The minimum absolute atomic E-state index is 0.170. The average molecular weight is 337 g/mol. The Morgan fingerprint density at radius 3 is 2.39 bits per heavy atom. The van der Waals surface area contributed by atoms with Crippen molar-refractivity contribution in [3.05, 3.63) is 35.4 Å². The van der Waals surface area contributed by atoms with Gasteiger partial charge in [-0.25, -0.2) is 8.78 Å². The van der Waals surface area contributed by atoms with E-state index in [1.807, 2.05) is 0 Å². The molecule has 4 nitrogen and oxygen atoms in total. The van der Waals surface area contributed by atoms with Crippen LogP contribution in [0.4, 0.5) is 22.0 Å². The quantitative estimate of drug-likeness (QED) is 0.862. The molecule has 1 aliphatic rings. The number of halogens is 5. The first kappa shape index (κ1) is 17.2. The molecule has 0 aromatic heterocycles. The number of hydrogen-bond acceptors (Lipinski definition) is 2. The van der Waals surface area contributed by atoms with E-state index in [2.05, 4.69) is 0 Å². The second-order valence-corrected chi connectivity index (χ2v) is 5.36. The smallest absolute Gasteiger partial charge is 0.406 e. The number of hydrogen-bond donors (Lipinski definition) is 1. The lowest BCUT2D eigenvalue weighted by molar-refractivity contribution is -0.227. The summed E-state index contributed by atoms with van der Waals surface area (Å²) in [6.07, 6.45) is -6.34. The van der Waals surface area contributed by atoms with Gasteiger partial charge < -0.3 is 10.0 Å². The van der Waals surface area contributed by atoms with Crippen molar-refractivity contribution in [2.75, 3.05) is 13.1 Å². The molecule has 1 aliphatic heterocycles. The van der Waals surface area contributed by atoms with Crippen molar-refractivity contribution in [1.82, 2.24) is 4.90 Å². The number of carbonyl (C=O) groups is 2. The van der Waals surface area contributed by atoms with Gasteiger partial charge in [0.25, 0.3) is 0 Å². The van der Waals surface area contributed by atoms with Gasteiger partial charge in [0.1, 0.15) is 11.6 Å². The molecule has 0 spiro atoms. The second kappa shape index (κ2) is 5.78. The Morgan fingerprint density at radius 1 is 1.26 bits per heavy atom. The predicted octanol–water partition coefficient (Wildman–Crippen LogP) is 2.37. The Hall–Kier alpha value is -2.19. The molecule has 1 unspecified atom stereocenters. The van der Waals surface area contributed by atoms with Crippen molar-refractivity contribution in [3.8, 4) is 0 Å². The summed E-state index contributed by atoms with van der Waals surface area (Å²) in [5.74, 6) is -4.73. The van der Waals surface area contributed by atoms with E-state index in [0.717, 1.165) is 17.0 Å². The number of likely N-dealkylation sites (tertiary alicyclic amines) is 1. The molecule has 126 valence electrons. The first-order chi connectivity index (χ1) is 10.6. The maximum Gasteiger partial charge on any atom is 0.406 e. The van der Waals surface area contributed by atoms with Gasteiger partial charge in [-0.1, -0.05) is 6.07 Å². The molecule has 1 fully saturated rings. The maximum absolute atomic E-state index is 13.5. The van der Waals surface area contributed by atoms with Gasteiger partial charge in [-0.05, 0) is 18.1 Å². The van der Waals surface area contributed by atoms with Crippen LogP contribution in [0.3, 0.4) is 0 Å². The summed E-state index contributed by atoms with van der Waals surface area (Å²) in [7, 11) is 0. The van der Waals surface area contributed by atoms with Gasteiger partial charge in [0, 0.05) is 19.2 Å². The van der Waals surface area contributed by atoms with Crippen LogP contribution >= 0.6 is 0 Å². The van der Waals surface area contributed by atoms with Gasteiger partial charge in [0.05, 0.1) is 6.42 Å². The van der Waals surface area contributed by atoms with E-state index in [0.29, 0.717) is 6.07 Å². The third kappa shape index (κ3) is 3.13. The summed E-state index contributed by atoms with van der Waals surface area (Å²) >= 11 is 0. The van der Waals surface area contributed by atoms with Gasteiger partial charge in [-0.15, -0.1) is 0 Å². The topological polar surface area (TPSA) is 57.6 Å². The molecular formula is C14H12F5NO3. The van der Waals surface area contributed by atoms with Gasteiger partial charge in [-0.2, -0.15) is 13.2 Å². The Bertz CT molecular complexity index is 646. The van der Waals surface area contributed by atoms with Gasteiger partial charge in [-0.3, -0.25) is 9.59 Å². The van der Waals surface area contributed by atoms with Crippen molar-refractivity contribution >= 4 is 11.9 Å². The Morgan fingerprint density at radius 2 is 1.91 bits per heavy atom. The van der Waals surface area contributed by atoms with Crippen molar-refractivity contribution in [1.29, 1.82) is 0 Å². The molecular weight excluding hydrogens is 325 g/mol. The standard InChI is InChI=1S/C14H12F5NO3/c15-9-2-1-8(10(16)6-9)5-11(21)20-4-3-13(7-20,12(22)23)14(17,18)19/h1-2,6H,3-5,7H2,(H,22,23). The third-order valence-electron chi connectivity index (χ3n) is 3.93. The van der Waals surface area contributed by atoms with Crippen LogP contribution in [0, 0.1) is 17.0 Å². The van der Waals surface area contributed by atoms with Crippen LogP contribution in [0.25, 0.3) is 0 Å². The number of rotatable bonds is 3. The number of carbonyl (C=O) groups excluding carboxylic acids is 1. The Balaban J connectivity index is 2.15. The Kier molecular flexibility index (Phi) is 4.32. The molecule has 9 heteroatoms. The third-order valence-corrected chi connectivity index (χ3v) is 3.93. The minimum atomic E-state index is -5.00. The highest BCUT2D eigenvalue weighted by atomic mass is 19.4. The van der Waals surface area contributed by atoms with Crippen molar-refractivity contribution in [2.24, 2.45) is 5.41 Å². The summed E-state index contributed by atoms with van der Waals surface area (Å²) in [5, 5.41) is 8.90. The summed E-state index contributed by atoms with van der Waals surface area (Å²) in [6, 6.07) is 2.50. The first-order valence-corrected chi connectivity index (χ1v) is 6.59. The highest BCUT2D eigenvalue weighted by molar-refractivity contribution is 5.82. The lowest BCUT2D eigenvalue weighted by atomic mass is 9.86. The number of amides is 1. The molecule has 0 aliphatic carbocycles. The highest BCUT2D eigenvalue weighted by Crippen LogP contribution is 2.45. The van der Waals surface area contributed by atoms with E-state index in [9.17, 15) is 31.5 Å². The predicted molar refractivity (Wildman–Crippen MR) is 67.4 cm³/mol. The number of nitrogens with zero attached hydrogens (tertiary/aromatic N) is 1. The molecule has 1 heterocycles. The largest absolute Gasteiger partial charge is 0.481 e. The molecule has 0 radical (unpaired) electrons. The number of alkyl halides is 3. The minimum Gasteiger partial charge on any atom is -0.481 e. The SMILES string of the molecule is O=C(Cc1ccc(F)cc1F)N1CCC(C(=O)O)(C(F)(F)F)C1. The zero-order valence-corrected chi connectivity index (χ0v) is 11.7. The van der Waals surface area contributed by atoms with Crippen molar-refractivity contribution < 1.29 is 36.6 Å². The molecule has 0 saturated carbocycles. The normalized spacial score (nSPS) is 21.5. The van der Waals surface area contributed by atoms with Crippen molar-refractivity contribution in [3.63, 3.8) is 0 Å². The van der Waals surface area contributed by atoms with Gasteiger partial charge in [0.15, 0.2) is 5.41 Å². The molecule has 23 heavy (non-hydrogen) atoms. The fourth-order valence-corrected chi connectivity index (χ4v) is 2.49. The second-order valence-electron chi connectivity index (χ2n) is 5.36. The van der Waals surface area contributed by atoms with Crippen molar-refractivity contribution in [2.45, 2.75) is 19.0 Å². The first-order valence-electron chi connectivity index (χ1n) is 6.59. The van der Waals surface area contributed by atoms with E-state index < -0.39 is 61.0 Å². The molecule has 0 bridgehead atoms. The molecule has 2 rings (SSSR count). The fraction of sp³-hybridized carbons (Fsp3) is 0.429. The number of aliphatic carboxylic acids is 1. The zero-order chi connectivity index (χ0) is 17.4.